The van der Waals surface area contributed by atoms with Gasteiger partial charge in [-0.1, -0.05) is 30.3 Å². The van der Waals surface area contributed by atoms with E-state index in [0.717, 1.165) is 19.4 Å². The standard InChI is InChI=1S/C17H20N2OS/c1-12(7-8-14-9-10-16(21-14)17(18)20)19-11-15(19)13-5-3-2-4-6-13/h2-6,9-10,12,15H,7-8,11H2,1H3,(H2,18,20). The summed E-state index contributed by atoms with van der Waals surface area (Å²) in [5.41, 5.74) is 6.70. The predicted octanol–water partition coefficient (Wildman–Crippen LogP) is 3.23. The van der Waals surface area contributed by atoms with Crippen molar-refractivity contribution >= 4 is 17.2 Å². The van der Waals surface area contributed by atoms with E-state index >= 15 is 0 Å². The van der Waals surface area contributed by atoms with E-state index in [0.29, 0.717) is 17.0 Å². The van der Waals surface area contributed by atoms with Gasteiger partial charge in [-0.05, 0) is 37.5 Å². The fraction of sp³-hybridized carbons (Fsp3) is 0.353. The van der Waals surface area contributed by atoms with E-state index < -0.39 is 0 Å². The summed E-state index contributed by atoms with van der Waals surface area (Å²) in [6.07, 6.45) is 2.12. The molecule has 2 N–H and O–H groups in total. The van der Waals surface area contributed by atoms with Gasteiger partial charge in [0.25, 0.3) is 5.91 Å². The van der Waals surface area contributed by atoms with Crippen molar-refractivity contribution in [1.82, 2.24) is 4.90 Å². The number of aryl methyl sites for hydroxylation is 1. The highest BCUT2D eigenvalue weighted by Gasteiger charge is 2.38. The van der Waals surface area contributed by atoms with Crippen molar-refractivity contribution in [2.24, 2.45) is 5.73 Å². The molecule has 1 fully saturated rings. The fourth-order valence-electron chi connectivity index (χ4n) is 2.77. The van der Waals surface area contributed by atoms with Crippen LogP contribution in [0.15, 0.2) is 42.5 Å². The Kier molecular flexibility index (Phi) is 4.08. The summed E-state index contributed by atoms with van der Waals surface area (Å²) in [6.45, 7) is 3.44. The van der Waals surface area contributed by atoms with Gasteiger partial charge in [0.2, 0.25) is 0 Å². The van der Waals surface area contributed by atoms with Crippen LogP contribution in [0.5, 0.6) is 0 Å². The topological polar surface area (TPSA) is 46.1 Å². The molecule has 21 heavy (non-hydrogen) atoms. The Labute approximate surface area is 129 Å². The molecule has 2 heterocycles. The fourth-order valence-corrected chi connectivity index (χ4v) is 3.65. The molecule has 3 nitrogen and oxygen atoms in total. The maximum atomic E-state index is 11.1. The number of nitrogens with zero attached hydrogens (tertiary/aromatic N) is 1. The molecule has 0 radical (unpaired) electrons. The number of benzene rings is 1. The summed E-state index contributed by atoms with van der Waals surface area (Å²) in [7, 11) is 0. The quantitative estimate of drug-likeness (QED) is 0.833. The first-order valence-electron chi connectivity index (χ1n) is 7.34. The third kappa shape index (κ3) is 3.34. The van der Waals surface area contributed by atoms with Gasteiger partial charge < -0.3 is 5.73 Å². The molecule has 1 saturated heterocycles. The molecule has 1 aromatic carbocycles. The first-order valence-corrected chi connectivity index (χ1v) is 8.16. The van der Waals surface area contributed by atoms with Crippen LogP contribution in [-0.2, 0) is 6.42 Å². The second-order valence-corrected chi connectivity index (χ2v) is 6.81. The van der Waals surface area contributed by atoms with Gasteiger partial charge in [0.05, 0.1) is 4.88 Å². The molecule has 2 aromatic rings. The molecule has 1 amide bonds. The molecule has 3 rings (SSSR count). The molecule has 0 spiro atoms. The number of carbonyl (C=O) groups excluding carboxylic acids is 1. The van der Waals surface area contributed by atoms with E-state index in [2.05, 4.69) is 42.2 Å². The molecule has 4 heteroatoms. The Hall–Kier alpha value is -1.65. The summed E-state index contributed by atoms with van der Waals surface area (Å²) in [5, 5.41) is 0. The Morgan fingerprint density at radius 3 is 2.76 bits per heavy atom. The van der Waals surface area contributed by atoms with Gasteiger partial charge in [-0.2, -0.15) is 0 Å². The number of primary amides is 1. The van der Waals surface area contributed by atoms with Gasteiger partial charge in [-0.15, -0.1) is 11.3 Å². The van der Waals surface area contributed by atoms with Crippen molar-refractivity contribution in [2.45, 2.75) is 31.8 Å². The van der Waals surface area contributed by atoms with Crippen LogP contribution in [0.4, 0.5) is 0 Å². The van der Waals surface area contributed by atoms with Crippen molar-refractivity contribution in [3.63, 3.8) is 0 Å². The predicted molar refractivity (Wildman–Crippen MR) is 86.5 cm³/mol. The Morgan fingerprint density at radius 2 is 2.10 bits per heavy atom. The van der Waals surface area contributed by atoms with E-state index in [1.807, 2.05) is 12.1 Å². The van der Waals surface area contributed by atoms with Gasteiger partial charge >= 0.3 is 0 Å². The number of hydrogen-bond acceptors (Lipinski definition) is 3. The number of rotatable bonds is 6. The summed E-state index contributed by atoms with van der Waals surface area (Å²) in [6, 6.07) is 15.7. The van der Waals surface area contributed by atoms with E-state index in [1.54, 1.807) is 0 Å². The minimum Gasteiger partial charge on any atom is -0.365 e. The summed E-state index contributed by atoms with van der Waals surface area (Å²) < 4.78 is 0. The van der Waals surface area contributed by atoms with Crippen LogP contribution in [0, 0.1) is 0 Å². The highest BCUT2D eigenvalue weighted by molar-refractivity contribution is 7.14. The minimum atomic E-state index is -0.325. The Morgan fingerprint density at radius 1 is 1.33 bits per heavy atom. The molecule has 1 aliphatic heterocycles. The minimum absolute atomic E-state index is 0.325. The van der Waals surface area contributed by atoms with Crippen molar-refractivity contribution in [3.8, 4) is 0 Å². The third-order valence-corrected chi connectivity index (χ3v) is 5.27. The van der Waals surface area contributed by atoms with Crippen LogP contribution >= 0.6 is 11.3 Å². The van der Waals surface area contributed by atoms with Crippen LogP contribution in [0.2, 0.25) is 0 Å². The Balaban J connectivity index is 1.51. The number of hydrogen-bond donors (Lipinski definition) is 1. The summed E-state index contributed by atoms with van der Waals surface area (Å²) in [5.74, 6) is -0.325. The maximum Gasteiger partial charge on any atom is 0.258 e. The van der Waals surface area contributed by atoms with Crippen molar-refractivity contribution in [2.75, 3.05) is 6.54 Å². The van der Waals surface area contributed by atoms with E-state index in [1.165, 1.54) is 21.8 Å². The van der Waals surface area contributed by atoms with Gasteiger partial charge in [-0.25, -0.2) is 0 Å². The van der Waals surface area contributed by atoms with E-state index in [-0.39, 0.29) is 5.91 Å². The smallest absolute Gasteiger partial charge is 0.258 e. The van der Waals surface area contributed by atoms with Crippen LogP contribution in [0.1, 0.15) is 39.5 Å². The zero-order chi connectivity index (χ0) is 14.8. The molecule has 1 aromatic heterocycles. The second-order valence-electron chi connectivity index (χ2n) is 5.64. The zero-order valence-corrected chi connectivity index (χ0v) is 13.0. The number of nitrogens with two attached hydrogens (primary N) is 1. The van der Waals surface area contributed by atoms with Crippen molar-refractivity contribution in [3.05, 3.63) is 57.8 Å². The van der Waals surface area contributed by atoms with E-state index in [9.17, 15) is 4.79 Å². The number of thiophene rings is 1. The van der Waals surface area contributed by atoms with Crippen LogP contribution in [0.25, 0.3) is 0 Å². The monoisotopic (exact) mass is 300 g/mol. The molecule has 0 aliphatic carbocycles. The van der Waals surface area contributed by atoms with Crippen molar-refractivity contribution < 1.29 is 4.79 Å². The molecule has 3 atom stereocenters. The first-order chi connectivity index (χ1) is 10.1. The summed E-state index contributed by atoms with van der Waals surface area (Å²) >= 11 is 1.52. The Bertz CT molecular complexity index is 623. The molecule has 1 aliphatic rings. The lowest BCUT2D eigenvalue weighted by Crippen LogP contribution is -2.15. The molecule has 110 valence electrons. The lowest BCUT2D eigenvalue weighted by molar-refractivity contribution is 0.100. The number of carbonyl (C=O) groups is 1. The zero-order valence-electron chi connectivity index (χ0n) is 12.2. The molecular weight excluding hydrogens is 280 g/mol. The van der Waals surface area contributed by atoms with Gasteiger partial charge in [-0.3, -0.25) is 9.69 Å². The van der Waals surface area contributed by atoms with Gasteiger partial charge in [0.15, 0.2) is 0 Å². The maximum absolute atomic E-state index is 11.1. The van der Waals surface area contributed by atoms with Crippen LogP contribution < -0.4 is 5.73 Å². The molecule has 3 unspecified atom stereocenters. The highest BCUT2D eigenvalue weighted by atomic mass is 32.1. The lowest BCUT2D eigenvalue weighted by atomic mass is 10.1. The van der Waals surface area contributed by atoms with Crippen LogP contribution in [0.3, 0.4) is 0 Å². The SMILES string of the molecule is CC(CCc1ccc(C(N)=O)s1)N1CC1c1ccccc1. The van der Waals surface area contributed by atoms with E-state index in [4.69, 9.17) is 5.73 Å². The molecule has 0 bridgehead atoms. The average Bonchev–Trinajstić information content (AvgIpc) is 3.15. The molecular formula is C17H20N2OS. The van der Waals surface area contributed by atoms with Gasteiger partial charge in [0, 0.05) is 23.5 Å². The number of amides is 1. The van der Waals surface area contributed by atoms with Gasteiger partial charge in [0.1, 0.15) is 0 Å². The lowest BCUT2D eigenvalue weighted by Gasteiger charge is -2.13. The summed E-state index contributed by atoms with van der Waals surface area (Å²) in [4.78, 5) is 15.5. The second kappa shape index (κ2) is 6.00. The van der Waals surface area contributed by atoms with Crippen molar-refractivity contribution in [1.29, 1.82) is 0 Å². The highest BCUT2D eigenvalue weighted by Crippen LogP contribution is 2.37. The average molecular weight is 300 g/mol. The molecule has 0 saturated carbocycles. The third-order valence-electron chi connectivity index (χ3n) is 4.11. The first kappa shape index (κ1) is 14.3. The largest absolute Gasteiger partial charge is 0.365 e. The normalized spacial score (nSPS) is 22.0. The van der Waals surface area contributed by atoms with Crippen LogP contribution in [-0.4, -0.2) is 23.4 Å².